The molecule has 0 saturated carbocycles. The molecule has 1 saturated heterocycles. The smallest absolute Gasteiger partial charge is 0.163 e. The van der Waals surface area contributed by atoms with Gasteiger partial charge in [-0.15, -0.1) is 0 Å². The summed E-state index contributed by atoms with van der Waals surface area (Å²) in [5.74, 6) is 1.31. The first-order valence-electron chi connectivity index (χ1n) is 12.8. The lowest BCUT2D eigenvalue weighted by Gasteiger charge is -2.19. The van der Waals surface area contributed by atoms with Gasteiger partial charge in [0, 0.05) is 28.5 Å². The van der Waals surface area contributed by atoms with E-state index in [1.165, 1.54) is 6.07 Å². The van der Waals surface area contributed by atoms with E-state index in [4.69, 9.17) is 35.5 Å². The number of fused-ring (bicyclic) bond motifs is 1. The number of ketones is 1. The number of hydrogen-bond acceptors (Lipinski definition) is 6. The van der Waals surface area contributed by atoms with Crippen molar-refractivity contribution in [3.63, 3.8) is 0 Å². The van der Waals surface area contributed by atoms with E-state index in [-0.39, 0.29) is 22.6 Å². The quantitative estimate of drug-likeness (QED) is 0.206. The molecule has 3 aromatic rings. The highest BCUT2D eigenvalue weighted by molar-refractivity contribution is 6.31. The van der Waals surface area contributed by atoms with Crippen LogP contribution in [-0.4, -0.2) is 37.7 Å². The molecule has 0 spiro atoms. The van der Waals surface area contributed by atoms with Gasteiger partial charge in [0.1, 0.15) is 22.9 Å². The number of methoxy groups -OCH3 is 1. The largest absolute Gasteiger partial charge is 0.493 e. The number of ether oxygens (including phenoxy) is 4. The van der Waals surface area contributed by atoms with Crippen molar-refractivity contribution < 1.29 is 28.1 Å². The Balaban J connectivity index is 1.42. The molecule has 200 valence electrons. The number of benzene rings is 2. The molecular weight excluding hydrogens is 509 g/mol. The fourth-order valence-corrected chi connectivity index (χ4v) is 4.90. The van der Waals surface area contributed by atoms with Crippen LogP contribution in [0.4, 0.5) is 4.39 Å². The molecular formula is C30H31ClFNO5. The maximum absolute atomic E-state index is 13.9. The summed E-state index contributed by atoms with van der Waals surface area (Å²) in [5, 5.41) is 0.0187. The average molecular weight is 540 g/mol. The summed E-state index contributed by atoms with van der Waals surface area (Å²) >= 11 is 6.09. The summed E-state index contributed by atoms with van der Waals surface area (Å²) in [7, 11) is 1.56. The second kappa shape index (κ2) is 10.2. The van der Waals surface area contributed by atoms with Crippen molar-refractivity contribution in [2.75, 3.05) is 26.9 Å². The van der Waals surface area contributed by atoms with Crippen molar-refractivity contribution in [1.82, 2.24) is 4.98 Å². The normalized spacial score (nSPS) is 19.0. The fourth-order valence-electron chi connectivity index (χ4n) is 4.72. The molecule has 2 aliphatic rings. The van der Waals surface area contributed by atoms with Gasteiger partial charge in [-0.05, 0) is 55.3 Å². The predicted molar refractivity (Wildman–Crippen MR) is 143 cm³/mol. The zero-order valence-corrected chi connectivity index (χ0v) is 22.8. The van der Waals surface area contributed by atoms with Gasteiger partial charge in [0.2, 0.25) is 0 Å². The van der Waals surface area contributed by atoms with Gasteiger partial charge in [0.15, 0.2) is 17.3 Å². The molecule has 1 atom stereocenters. The molecule has 0 bridgehead atoms. The zero-order chi connectivity index (χ0) is 27.1. The van der Waals surface area contributed by atoms with Gasteiger partial charge in [-0.25, -0.2) is 9.37 Å². The number of carbonyl (C=O) groups is 1. The number of Topliss-reactive ketones (excluding diaryl/α,β-unsaturated/α-hetero) is 1. The lowest BCUT2D eigenvalue weighted by molar-refractivity contribution is 0.0966. The Labute approximate surface area is 227 Å². The minimum absolute atomic E-state index is 0.0180. The molecule has 2 aliphatic heterocycles. The second-order valence-electron chi connectivity index (χ2n) is 10.5. The molecule has 1 fully saturated rings. The zero-order valence-electron chi connectivity index (χ0n) is 22.0. The Morgan fingerprint density at radius 3 is 2.61 bits per heavy atom. The third kappa shape index (κ3) is 4.97. The van der Waals surface area contributed by atoms with Crippen molar-refractivity contribution in [1.29, 1.82) is 0 Å². The van der Waals surface area contributed by atoms with Gasteiger partial charge in [-0.2, -0.15) is 0 Å². The van der Waals surface area contributed by atoms with Gasteiger partial charge in [0.25, 0.3) is 0 Å². The Bertz CT molecular complexity index is 1390. The highest BCUT2D eigenvalue weighted by atomic mass is 35.5. The summed E-state index contributed by atoms with van der Waals surface area (Å²) in [6.45, 7) is 7.78. The molecule has 8 heteroatoms. The topological polar surface area (TPSA) is 70.2 Å². The molecule has 38 heavy (non-hydrogen) atoms. The molecule has 0 aliphatic carbocycles. The predicted octanol–water partition coefficient (Wildman–Crippen LogP) is 6.90. The first kappa shape index (κ1) is 26.4. The maximum atomic E-state index is 13.9. The molecule has 1 aromatic heterocycles. The summed E-state index contributed by atoms with van der Waals surface area (Å²) in [4.78, 5) is 18.1. The highest BCUT2D eigenvalue weighted by Crippen LogP contribution is 2.49. The van der Waals surface area contributed by atoms with E-state index < -0.39 is 11.4 Å². The lowest BCUT2D eigenvalue weighted by atomic mass is 9.84. The molecule has 0 radical (unpaired) electrons. The molecule has 3 heterocycles. The lowest BCUT2D eigenvalue weighted by Crippen LogP contribution is -2.20. The van der Waals surface area contributed by atoms with E-state index in [1.54, 1.807) is 37.4 Å². The van der Waals surface area contributed by atoms with Crippen LogP contribution in [0, 0.1) is 5.82 Å². The first-order chi connectivity index (χ1) is 18.2. The van der Waals surface area contributed by atoms with E-state index >= 15 is 0 Å². The van der Waals surface area contributed by atoms with Crippen LogP contribution >= 0.6 is 11.6 Å². The third-order valence-corrected chi connectivity index (χ3v) is 7.42. The standard InChI is InChI=1S/C30H31ClFNO5/c1-5-12-36-24-9-7-18(14-25(24)35-4)23(34)10-11-30(17-38-30)26-15-20-28(37-16-29(20,2)3)27(33-26)19-6-8-22(32)21(31)13-19/h6-9,13-15H,5,10-12,16-17H2,1-4H3. The van der Waals surface area contributed by atoms with Crippen LogP contribution in [0.2, 0.25) is 5.02 Å². The number of rotatable bonds is 10. The Hall–Kier alpha value is -3.16. The van der Waals surface area contributed by atoms with Crippen LogP contribution in [0.1, 0.15) is 61.6 Å². The van der Waals surface area contributed by atoms with Crippen molar-refractivity contribution in [3.05, 3.63) is 70.1 Å². The molecule has 6 nitrogen and oxygen atoms in total. The molecule has 0 amide bonds. The molecule has 0 N–H and O–H groups in total. The number of carbonyl (C=O) groups excluding carboxylic acids is 1. The number of pyridine rings is 1. The van der Waals surface area contributed by atoms with Crippen LogP contribution in [0.5, 0.6) is 17.2 Å². The van der Waals surface area contributed by atoms with Crippen molar-refractivity contribution in [3.8, 4) is 28.5 Å². The van der Waals surface area contributed by atoms with E-state index in [1.807, 2.05) is 13.0 Å². The van der Waals surface area contributed by atoms with Crippen LogP contribution in [0.15, 0.2) is 42.5 Å². The van der Waals surface area contributed by atoms with Crippen LogP contribution < -0.4 is 14.2 Å². The summed E-state index contributed by atoms with van der Waals surface area (Å²) in [6, 6.07) is 11.8. The minimum atomic E-state index is -0.670. The minimum Gasteiger partial charge on any atom is -0.493 e. The van der Waals surface area contributed by atoms with Crippen LogP contribution in [0.25, 0.3) is 11.3 Å². The van der Waals surface area contributed by atoms with Crippen molar-refractivity contribution >= 4 is 17.4 Å². The van der Waals surface area contributed by atoms with Crippen LogP contribution in [0.3, 0.4) is 0 Å². The number of hydrogen-bond donors (Lipinski definition) is 0. The summed E-state index contributed by atoms with van der Waals surface area (Å²) in [5.41, 5.74) is 2.64. The Kier molecular flexibility index (Phi) is 7.09. The summed E-state index contributed by atoms with van der Waals surface area (Å²) < 4.78 is 37.0. The first-order valence-corrected chi connectivity index (χ1v) is 13.2. The number of epoxide rings is 1. The number of aromatic nitrogens is 1. The van der Waals surface area contributed by atoms with Gasteiger partial charge in [0.05, 0.1) is 37.6 Å². The highest BCUT2D eigenvalue weighted by Gasteiger charge is 2.49. The van der Waals surface area contributed by atoms with Gasteiger partial charge in [-0.3, -0.25) is 4.79 Å². The second-order valence-corrected chi connectivity index (χ2v) is 10.9. The molecule has 2 aromatic carbocycles. The fraction of sp³-hybridized carbons (Fsp3) is 0.400. The molecule has 1 unspecified atom stereocenters. The van der Waals surface area contributed by atoms with Crippen molar-refractivity contribution in [2.24, 2.45) is 0 Å². The van der Waals surface area contributed by atoms with E-state index in [0.717, 1.165) is 17.7 Å². The van der Waals surface area contributed by atoms with Crippen LogP contribution in [-0.2, 0) is 15.8 Å². The van der Waals surface area contributed by atoms with E-state index in [0.29, 0.717) is 60.3 Å². The average Bonchev–Trinajstić information content (AvgIpc) is 3.65. The number of halogens is 2. The SMILES string of the molecule is CCCOc1ccc(C(=O)CCC2(c3cc4c(c(-c5ccc(F)c(Cl)c5)n3)OCC4(C)C)CO2)cc1OC. The Morgan fingerprint density at radius 2 is 1.92 bits per heavy atom. The monoisotopic (exact) mass is 539 g/mol. The number of nitrogens with zero attached hydrogens (tertiary/aromatic N) is 1. The van der Waals surface area contributed by atoms with Gasteiger partial charge in [-0.1, -0.05) is 32.4 Å². The van der Waals surface area contributed by atoms with Gasteiger partial charge < -0.3 is 18.9 Å². The summed E-state index contributed by atoms with van der Waals surface area (Å²) in [6.07, 6.45) is 1.62. The van der Waals surface area contributed by atoms with Gasteiger partial charge >= 0.3 is 0 Å². The van der Waals surface area contributed by atoms with E-state index in [9.17, 15) is 9.18 Å². The van der Waals surface area contributed by atoms with E-state index in [2.05, 4.69) is 13.8 Å². The molecule has 5 rings (SSSR count). The third-order valence-electron chi connectivity index (χ3n) is 7.14. The maximum Gasteiger partial charge on any atom is 0.163 e. The van der Waals surface area contributed by atoms with Crippen molar-refractivity contribution in [2.45, 2.75) is 51.0 Å². The Morgan fingerprint density at radius 1 is 1.13 bits per heavy atom.